The number of aryl methyl sites for hydroxylation is 1. The van der Waals surface area contributed by atoms with E-state index < -0.39 is 0 Å². The van der Waals surface area contributed by atoms with Crippen LogP contribution >= 0.6 is 11.3 Å². The van der Waals surface area contributed by atoms with E-state index in [1.54, 1.807) is 35.6 Å². The molecule has 0 aliphatic rings. The number of imidazole rings is 1. The second-order valence-electron chi connectivity index (χ2n) is 5.14. The molecule has 0 aliphatic carbocycles. The average Bonchev–Trinajstić information content (AvgIpc) is 3.12. The SMILES string of the molecule is Cc1nc2sccn2c1/C=C/C(=O)c1ccc(CO)c(CO)c1. The first kappa shape index (κ1) is 15.6. The van der Waals surface area contributed by atoms with Crippen molar-refractivity contribution in [3.63, 3.8) is 0 Å². The van der Waals surface area contributed by atoms with E-state index >= 15 is 0 Å². The number of carbonyl (C=O) groups is 1. The van der Waals surface area contributed by atoms with Crippen molar-refractivity contribution in [3.8, 4) is 0 Å². The van der Waals surface area contributed by atoms with Crippen molar-refractivity contribution in [3.05, 3.63) is 63.9 Å². The number of rotatable bonds is 5. The van der Waals surface area contributed by atoms with Crippen LogP contribution in [0.25, 0.3) is 11.0 Å². The molecule has 0 bridgehead atoms. The van der Waals surface area contributed by atoms with Gasteiger partial charge in [-0.15, -0.1) is 11.3 Å². The highest BCUT2D eigenvalue weighted by molar-refractivity contribution is 7.15. The molecule has 0 radical (unpaired) electrons. The first-order valence-electron chi connectivity index (χ1n) is 7.12. The lowest BCUT2D eigenvalue weighted by molar-refractivity contribution is 0.104. The van der Waals surface area contributed by atoms with Crippen LogP contribution in [0.15, 0.2) is 35.9 Å². The van der Waals surface area contributed by atoms with Crippen molar-refractivity contribution in [2.45, 2.75) is 20.1 Å². The lowest BCUT2D eigenvalue weighted by Gasteiger charge is -2.06. The molecule has 23 heavy (non-hydrogen) atoms. The fourth-order valence-electron chi connectivity index (χ4n) is 2.44. The van der Waals surface area contributed by atoms with Gasteiger partial charge in [-0.25, -0.2) is 4.98 Å². The minimum Gasteiger partial charge on any atom is -0.392 e. The number of hydrogen-bond donors (Lipinski definition) is 2. The van der Waals surface area contributed by atoms with Crippen LogP contribution in [-0.2, 0) is 13.2 Å². The third-order valence-electron chi connectivity index (χ3n) is 3.71. The van der Waals surface area contributed by atoms with E-state index in [0.29, 0.717) is 16.7 Å². The van der Waals surface area contributed by atoms with Crippen molar-refractivity contribution < 1.29 is 15.0 Å². The predicted octanol–water partition coefficient (Wildman–Crippen LogP) is 2.58. The van der Waals surface area contributed by atoms with Gasteiger partial charge in [-0.3, -0.25) is 9.20 Å². The highest BCUT2D eigenvalue weighted by atomic mass is 32.1. The molecule has 0 spiro atoms. The minimum atomic E-state index is -0.210. The molecular weight excluding hydrogens is 312 g/mol. The number of aromatic nitrogens is 2. The van der Waals surface area contributed by atoms with E-state index in [-0.39, 0.29) is 19.0 Å². The fourth-order valence-corrected chi connectivity index (χ4v) is 3.21. The molecule has 3 aromatic rings. The average molecular weight is 328 g/mol. The van der Waals surface area contributed by atoms with Gasteiger partial charge in [0.05, 0.1) is 24.6 Å². The summed E-state index contributed by atoms with van der Waals surface area (Å²) in [5, 5.41) is 20.5. The molecule has 0 atom stereocenters. The summed E-state index contributed by atoms with van der Waals surface area (Å²) in [5.74, 6) is -0.159. The monoisotopic (exact) mass is 328 g/mol. The van der Waals surface area contributed by atoms with Gasteiger partial charge >= 0.3 is 0 Å². The Kier molecular flexibility index (Phi) is 4.38. The second kappa shape index (κ2) is 6.45. The molecule has 0 unspecified atom stereocenters. The molecule has 1 aromatic carbocycles. The zero-order valence-corrected chi connectivity index (χ0v) is 13.4. The molecule has 118 valence electrons. The lowest BCUT2D eigenvalue weighted by atomic mass is 10.0. The van der Waals surface area contributed by atoms with Gasteiger partial charge in [0.25, 0.3) is 0 Å². The van der Waals surface area contributed by atoms with Crippen molar-refractivity contribution in [2.24, 2.45) is 0 Å². The highest BCUT2D eigenvalue weighted by Gasteiger charge is 2.09. The Morgan fingerprint density at radius 3 is 2.83 bits per heavy atom. The Hall–Kier alpha value is -2.28. The number of allylic oxidation sites excluding steroid dienone is 1. The molecule has 5 nitrogen and oxygen atoms in total. The minimum absolute atomic E-state index is 0.159. The summed E-state index contributed by atoms with van der Waals surface area (Å²) >= 11 is 1.54. The summed E-state index contributed by atoms with van der Waals surface area (Å²) in [6.45, 7) is 1.53. The van der Waals surface area contributed by atoms with E-state index in [9.17, 15) is 15.0 Å². The lowest BCUT2D eigenvalue weighted by Crippen LogP contribution is -2.00. The standard InChI is InChI=1S/C17H16N2O3S/c1-11-15(19-6-7-23-17(19)18-11)4-5-16(22)12-2-3-13(9-20)14(8-12)10-21/h2-8,20-21H,9-10H2,1H3/b5-4+. The summed E-state index contributed by atoms with van der Waals surface area (Å²) < 4.78 is 1.94. The first-order chi connectivity index (χ1) is 11.1. The number of nitrogens with zero attached hydrogens (tertiary/aromatic N) is 2. The third kappa shape index (κ3) is 2.96. The molecule has 2 N–H and O–H groups in total. The maximum Gasteiger partial charge on any atom is 0.194 e. The van der Waals surface area contributed by atoms with Gasteiger partial charge in [0.15, 0.2) is 10.7 Å². The van der Waals surface area contributed by atoms with Crippen LogP contribution in [0.2, 0.25) is 0 Å². The Bertz CT molecular complexity index is 893. The van der Waals surface area contributed by atoms with Crippen LogP contribution in [0.5, 0.6) is 0 Å². The maximum atomic E-state index is 12.3. The summed E-state index contributed by atoms with van der Waals surface area (Å²) in [4.78, 5) is 17.7. The van der Waals surface area contributed by atoms with E-state index in [2.05, 4.69) is 4.98 Å². The molecular formula is C17H16N2O3S. The molecule has 0 fully saturated rings. The predicted molar refractivity (Wildman–Crippen MR) is 89.5 cm³/mol. The van der Waals surface area contributed by atoms with Gasteiger partial charge in [0.1, 0.15) is 0 Å². The smallest absolute Gasteiger partial charge is 0.194 e. The molecule has 3 rings (SSSR count). The summed E-state index contributed by atoms with van der Waals surface area (Å²) in [7, 11) is 0. The number of fused-ring (bicyclic) bond motifs is 1. The Labute approximate surface area is 137 Å². The van der Waals surface area contributed by atoms with Gasteiger partial charge in [0, 0.05) is 17.1 Å². The van der Waals surface area contributed by atoms with Gasteiger partial charge in [-0.05, 0) is 36.3 Å². The number of aliphatic hydroxyl groups is 2. The van der Waals surface area contributed by atoms with Crippen molar-refractivity contribution in [1.82, 2.24) is 9.38 Å². The highest BCUT2D eigenvalue weighted by Crippen LogP contribution is 2.19. The third-order valence-corrected chi connectivity index (χ3v) is 4.46. The van der Waals surface area contributed by atoms with E-state index in [4.69, 9.17) is 0 Å². The molecule has 0 saturated carbocycles. The summed E-state index contributed by atoms with van der Waals surface area (Å²) in [5.41, 5.74) is 3.41. The zero-order valence-electron chi connectivity index (χ0n) is 12.6. The van der Waals surface area contributed by atoms with Crippen LogP contribution in [0, 0.1) is 6.92 Å². The number of hydrogen-bond acceptors (Lipinski definition) is 5. The van der Waals surface area contributed by atoms with Crippen molar-refractivity contribution >= 4 is 28.2 Å². The number of carbonyl (C=O) groups excluding carboxylic acids is 1. The molecule has 2 aromatic heterocycles. The van der Waals surface area contributed by atoms with Crippen LogP contribution in [-0.4, -0.2) is 25.4 Å². The number of ketones is 1. The Morgan fingerprint density at radius 2 is 2.09 bits per heavy atom. The van der Waals surface area contributed by atoms with Crippen LogP contribution < -0.4 is 0 Å². The van der Waals surface area contributed by atoms with E-state index in [1.807, 2.05) is 22.9 Å². The van der Waals surface area contributed by atoms with Gasteiger partial charge in [-0.1, -0.05) is 12.1 Å². The second-order valence-corrected chi connectivity index (χ2v) is 6.01. The first-order valence-corrected chi connectivity index (χ1v) is 8.00. The zero-order chi connectivity index (χ0) is 16.4. The molecule has 0 aliphatic heterocycles. The Balaban J connectivity index is 1.89. The van der Waals surface area contributed by atoms with Gasteiger partial charge < -0.3 is 10.2 Å². The molecule has 0 saturated heterocycles. The summed E-state index contributed by atoms with van der Waals surface area (Å²) in [6.07, 6.45) is 5.18. The van der Waals surface area contributed by atoms with Crippen LogP contribution in [0.1, 0.15) is 32.9 Å². The summed E-state index contributed by atoms with van der Waals surface area (Å²) in [6, 6.07) is 4.93. The molecule has 0 amide bonds. The van der Waals surface area contributed by atoms with Gasteiger partial charge in [0.2, 0.25) is 0 Å². The number of thiazole rings is 1. The largest absolute Gasteiger partial charge is 0.392 e. The van der Waals surface area contributed by atoms with Crippen molar-refractivity contribution in [1.29, 1.82) is 0 Å². The normalized spacial score (nSPS) is 11.6. The van der Waals surface area contributed by atoms with Gasteiger partial charge in [-0.2, -0.15) is 0 Å². The quantitative estimate of drug-likeness (QED) is 0.558. The topological polar surface area (TPSA) is 74.8 Å². The number of benzene rings is 1. The number of aliphatic hydroxyl groups excluding tert-OH is 2. The fraction of sp³-hybridized carbons (Fsp3) is 0.176. The van der Waals surface area contributed by atoms with Crippen LogP contribution in [0.3, 0.4) is 0 Å². The van der Waals surface area contributed by atoms with Crippen LogP contribution in [0.4, 0.5) is 0 Å². The van der Waals surface area contributed by atoms with E-state index in [0.717, 1.165) is 16.3 Å². The van der Waals surface area contributed by atoms with E-state index in [1.165, 1.54) is 6.08 Å². The maximum absolute atomic E-state index is 12.3. The Morgan fingerprint density at radius 1 is 1.30 bits per heavy atom. The molecule has 6 heteroatoms. The molecule has 2 heterocycles. The van der Waals surface area contributed by atoms with Crippen molar-refractivity contribution in [2.75, 3.05) is 0 Å².